The number of carbonyl (C=O) groups excluding carboxylic acids is 1. The van der Waals surface area contributed by atoms with E-state index in [1.54, 1.807) is 7.05 Å². The first-order valence-electron chi connectivity index (χ1n) is 5.01. The number of fused-ring (bicyclic) bond motifs is 1. The molecule has 0 fully saturated rings. The number of aliphatic carboxylic acids is 1. The van der Waals surface area contributed by atoms with E-state index in [-0.39, 0.29) is 12.0 Å². The van der Waals surface area contributed by atoms with E-state index >= 15 is 0 Å². The standard InChI is InChI=1S/C12H10FNO3/c1-14-10-4-7(13)2-6-3-9(12(16)17)11(15)5-8(6)10/h2-4,14H,5H2,1H3,(H,16,17). The number of hydrogen-bond donors (Lipinski definition) is 2. The van der Waals surface area contributed by atoms with Gasteiger partial charge in [-0.25, -0.2) is 9.18 Å². The third-order valence-electron chi connectivity index (χ3n) is 2.69. The van der Waals surface area contributed by atoms with Crippen LogP contribution in [0.25, 0.3) is 6.08 Å². The molecule has 0 amide bonds. The molecule has 1 aromatic carbocycles. The SMILES string of the molecule is CNc1cc(F)cc2c1CC(=O)C(C(=O)O)=C2. The van der Waals surface area contributed by atoms with Gasteiger partial charge in [0.1, 0.15) is 11.4 Å². The number of hydrogen-bond acceptors (Lipinski definition) is 3. The number of carboxylic acid groups (broad SMARTS) is 1. The summed E-state index contributed by atoms with van der Waals surface area (Å²) in [6.45, 7) is 0. The lowest BCUT2D eigenvalue weighted by Gasteiger charge is -2.17. The Kier molecular flexibility index (Phi) is 2.67. The summed E-state index contributed by atoms with van der Waals surface area (Å²) in [5, 5.41) is 11.6. The minimum Gasteiger partial charge on any atom is -0.478 e. The zero-order chi connectivity index (χ0) is 12.6. The van der Waals surface area contributed by atoms with Gasteiger partial charge in [-0.05, 0) is 29.3 Å². The van der Waals surface area contributed by atoms with Gasteiger partial charge in [-0.15, -0.1) is 0 Å². The summed E-state index contributed by atoms with van der Waals surface area (Å²) in [6.07, 6.45) is 1.19. The molecule has 1 aromatic rings. The molecule has 1 aliphatic carbocycles. The van der Waals surface area contributed by atoms with Crippen molar-refractivity contribution in [2.75, 3.05) is 12.4 Å². The molecular weight excluding hydrogens is 225 g/mol. The lowest BCUT2D eigenvalue weighted by atomic mass is 9.90. The lowest BCUT2D eigenvalue weighted by Crippen LogP contribution is -2.19. The highest BCUT2D eigenvalue weighted by Crippen LogP contribution is 2.29. The Morgan fingerprint density at radius 3 is 2.76 bits per heavy atom. The molecule has 0 unspecified atom stereocenters. The van der Waals surface area contributed by atoms with E-state index < -0.39 is 17.6 Å². The molecule has 0 radical (unpaired) electrons. The minimum absolute atomic E-state index is 0.0239. The summed E-state index contributed by atoms with van der Waals surface area (Å²) in [5.74, 6) is -2.22. The van der Waals surface area contributed by atoms with Crippen LogP contribution in [0, 0.1) is 5.82 Å². The maximum Gasteiger partial charge on any atom is 0.339 e. The van der Waals surface area contributed by atoms with E-state index in [0.717, 1.165) is 0 Å². The third kappa shape index (κ3) is 1.91. The second-order valence-corrected chi connectivity index (χ2v) is 3.73. The normalized spacial score (nSPS) is 14.0. The molecule has 88 valence electrons. The molecule has 0 aliphatic heterocycles. The molecule has 0 aromatic heterocycles. The monoisotopic (exact) mass is 235 g/mol. The first-order valence-corrected chi connectivity index (χ1v) is 5.01. The Morgan fingerprint density at radius 2 is 2.18 bits per heavy atom. The van der Waals surface area contributed by atoms with Gasteiger partial charge in [-0.3, -0.25) is 4.79 Å². The average molecular weight is 235 g/mol. The fraction of sp³-hybridized carbons (Fsp3) is 0.167. The molecular formula is C12H10FNO3. The van der Waals surface area contributed by atoms with Crippen molar-refractivity contribution in [1.82, 2.24) is 0 Å². The largest absolute Gasteiger partial charge is 0.478 e. The number of carboxylic acids is 1. The van der Waals surface area contributed by atoms with Crippen LogP contribution in [0.3, 0.4) is 0 Å². The van der Waals surface area contributed by atoms with Crippen molar-refractivity contribution in [3.05, 3.63) is 34.6 Å². The van der Waals surface area contributed by atoms with E-state index in [0.29, 0.717) is 16.8 Å². The smallest absolute Gasteiger partial charge is 0.339 e. The van der Waals surface area contributed by atoms with Gasteiger partial charge in [0.15, 0.2) is 5.78 Å². The summed E-state index contributed by atoms with van der Waals surface area (Å²) < 4.78 is 13.3. The highest BCUT2D eigenvalue weighted by Gasteiger charge is 2.25. The minimum atomic E-state index is -1.28. The summed E-state index contributed by atoms with van der Waals surface area (Å²) in [5.41, 5.74) is 1.27. The Labute approximate surface area is 96.8 Å². The van der Waals surface area contributed by atoms with Gasteiger partial charge >= 0.3 is 5.97 Å². The highest BCUT2D eigenvalue weighted by atomic mass is 19.1. The van der Waals surface area contributed by atoms with Gasteiger partial charge in [-0.1, -0.05) is 0 Å². The summed E-state index contributed by atoms with van der Waals surface area (Å²) in [4.78, 5) is 22.4. The van der Waals surface area contributed by atoms with Crippen molar-refractivity contribution < 1.29 is 19.1 Å². The molecule has 17 heavy (non-hydrogen) atoms. The number of Topliss-reactive ketones (excluding diaryl/α,β-unsaturated/α-hetero) is 1. The van der Waals surface area contributed by atoms with Crippen LogP contribution >= 0.6 is 0 Å². The van der Waals surface area contributed by atoms with Gasteiger partial charge in [0, 0.05) is 19.2 Å². The second-order valence-electron chi connectivity index (χ2n) is 3.73. The zero-order valence-electron chi connectivity index (χ0n) is 9.08. The topological polar surface area (TPSA) is 66.4 Å². The van der Waals surface area contributed by atoms with Crippen molar-refractivity contribution in [3.8, 4) is 0 Å². The summed E-state index contributed by atoms with van der Waals surface area (Å²) >= 11 is 0. The average Bonchev–Trinajstić information content (AvgIpc) is 2.27. The molecule has 4 nitrogen and oxygen atoms in total. The van der Waals surface area contributed by atoms with E-state index in [1.165, 1.54) is 18.2 Å². The molecule has 2 rings (SSSR count). The fourth-order valence-corrected chi connectivity index (χ4v) is 1.88. The number of benzene rings is 1. The van der Waals surface area contributed by atoms with E-state index in [4.69, 9.17) is 5.11 Å². The van der Waals surface area contributed by atoms with Gasteiger partial charge in [0.2, 0.25) is 0 Å². The van der Waals surface area contributed by atoms with Gasteiger partial charge in [0.05, 0.1) is 0 Å². The van der Waals surface area contributed by atoms with Crippen LogP contribution in [0.4, 0.5) is 10.1 Å². The molecule has 1 aliphatic rings. The Balaban J connectivity index is 2.63. The predicted octanol–water partition coefficient (Wildman–Crippen LogP) is 1.46. The molecule has 0 saturated carbocycles. The number of ketones is 1. The molecule has 0 atom stereocenters. The maximum absolute atomic E-state index is 13.3. The van der Waals surface area contributed by atoms with E-state index in [2.05, 4.69) is 5.32 Å². The predicted molar refractivity (Wildman–Crippen MR) is 60.3 cm³/mol. The lowest BCUT2D eigenvalue weighted by molar-refractivity contribution is -0.134. The van der Waals surface area contributed by atoms with Crippen molar-refractivity contribution >= 4 is 23.5 Å². The van der Waals surface area contributed by atoms with Crippen LogP contribution in [0.1, 0.15) is 11.1 Å². The molecule has 0 spiro atoms. The van der Waals surface area contributed by atoms with Crippen LogP contribution in [-0.4, -0.2) is 23.9 Å². The molecule has 0 saturated heterocycles. The quantitative estimate of drug-likeness (QED) is 0.761. The number of rotatable bonds is 2. The molecule has 2 N–H and O–H groups in total. The third-order valence-corrected chi connectivity index (χ3v) is 2.69. The van der Waals surface area contributed by atoms with E-state index in [1.807, 2.05) is 0 Å². The van der Waals surface area contributed by atoms with Crippen LogP contribution in [0.5, 0.6) is 0 Å². The Morgan fingerprint density at radius 1 is 1.47 bits per heavy atom. The van der Waals surface area contributed by atoms with Crippen molar-refractivity contribution in [2.45, 2.75) is 6.42 Å². The second kappa shape index (κ2) is 4.01. The highest BCUT2D eigenvalue weighted by molar-refractivity contribution is 6.22. The van der Waals surface area contributed by atoms with Crippen LogP contribution in [0.2, 0.25) is 0 Å². The van der Waals surface area contributed by atoms with Crippen molar-refractivity contribution in [2.24, 2.45) is 0 Å². The van der Waals surface area contributed by atoms with Crippen LogP contribution in [0.15, 0.2) is 17.7 Å². The van der Waals surface area contributed by atoms with Crippen molar-refractivity contribution in [1.29, 1.82) is 0 Å². The molecule has 0 heterocycles. The first kappa shape index (κ1) is 11.3. The zero-order valence-corrected chi connectivity index (χ0v) is 9.08. The van der Waals surface area contributed by atoms with Crippen LogP contribution < -0.4 is 5.32 Å². The number of carbonyl (C=O) groups is 2. The first-order chi connectivity index (χ1) is 8.02. The number of nitrogens with one attached hydrogen (secondary N) is 1. The number of anilines is 1. The van der Waals surface area contributed by atoms with Gasteiger partial charge in [0.25, 0.3) is 0 Å². The number of halogens is 1. The van der Waals surface area contributed by atoms with E-state index in [9.17, 15) is 14.0 Å². The Hall–Kier alpha value is -2.17. The summed E-state index contributed by atoms with van der Waals surface area (Å²) in [7, 11) is 1.62. The van der Waals surface area contributed by atoms with Gasteiger partial charge < -0.3 is 10.4 Å². The fourth-order valence-electron chi connectivity index (χ4n) is 1.88. The van der Waals surface area contributed by atoms with Gasteiger partial charge in [-0.2, -0.15) is 0 Å². The Bertz CT molecular complexity index is 549. The van der Waals surface area contributed by atoms with Crippen LogP contribution in [-0.2, 0) is 16.0 Å². The molecule has 5 heteroatoms. The summed E-state index contributed by atoms with van der Waals surface area (Å²) in [6, 6.07) is 2.51. The van der Waals surface area contributed by atoms with Crippen molar-refractivity contribution in [3.63, 3.8) is 0 Å². The maximum atomic E-state index is 13.3. The molecule has 0 bridgehead atoms.